The van der Waals surface area contributed by atoms with Crippen molar-refractivity contribution >= 4 is 17.3 Å². The van der Waals surface area contributed by atoms with E-state index in [2.05, 4.69) is 22.4 Å². The molecular weight excluding hydrogens is 244 g/mol. The fourth-order valence-corrected chi connectivity index (χ4v) is 1.99. The number of carbonyl (C=O) groups is 1. The molecule has 0 bridgehead atoms. The largest absolute Gasteiger partial charge is 0.465 e. The first-order valence-corrected chi connectivity index (χ1v) is 6.28. The summed E-state index contributed by atoms with van der Waals surface area (Å²) in [7, 11) is 3.47. The highest BCUT2D eigenvalue weighted by Crippen LogP contribution is 2.21. The number of esters is 1. The topological polar surface area (TPSA) is 70.8 Å². The van der Waals surface area contributed by atoms with Gasteiger partial charge in [0, 0.05) is 26.2 Å². The van der Waals surface area contributed by atoms with Crippen molar-refractivity contribution in [1.82, 2.24) is 9.91 Å². The highest BCUT2D eigenvalue weighted by Gasteiger charge is 2.15. The standard InChI is InChI=1S/C13H20N4O2/c1-16-5-7-17(8-6-16)15-12-9-10(13(18)19-2)3-4-11(12)14/h3-4,9,15H,5-8,14H2,1-2H3. The highest BCUT2D eigenvalue weighted by atomic mass is 16.5. The van der Waals surface area contributed by atoms with Gasteiger partial charge in [0.05, 0.1) is 24.0 Å². The molecule has 104 valence electrons. The van der Waals surface area contributed by atoms with Crippen LogP contribution in [0.2, 0.25) is 0 Å². The Kier molecular flexibility index (Phi) is 4.24. The fourth-order valence-electron chi connectivity index (χ4n) is 1.99. The van der Waals surface area contributed by atoms with E-state index in [1.807, 2.05) is 0 Å². The lowest BCUT2D eigenvalue weighted by atomic mass is 10.2. The monoisotopic (exact) mass is 264 g/mol. The van der Waals surface area contributed by atoms with Gasteiger partial charge in [-0.25, -0.2) is 9.80 Å². The molecule has 6 nitrogen and oxygen atoms in total. The second-order valence-corrected chi connectivity index (χ2v) is 4.70. The van der Waals surface area contributed by atoms with Gasteiger partial charge >= 0.3 is 5.97 Å². The van der Waals surface area contributed by atoms with Crippen molar-refractivity contribution in [2.45, 2.75) is 0 Å². The molecule has 0 spiro atoms. The molecule has 19 heavy (non-hydrogen) atoms. The van der Waals surface area contributed by atoms with E-state index in [0.717, 1.165) is 31.9 Å². The molecule has 0 atom stereocenters. The van der Waals surface area contributed by atoms with Gasteiger partial charge in [-0.2, -0.15) is 0 Å². The van der Waals surface area contributed by atoms with Gasteiger partial charge in [-0.1, -0.05) is 0 Å². The summed E-state index contributed by atoms with van der Waals surface area (Å²) < 4.78 is 4.71. The van der Waals surface area contributed by atoms with Crippen LogP contribution >= 0.6 is 0 Å². The van der Waals surface area contributed by atoms with Crippen LogP contribution in [0.5, 0.6) is 0 Å². The Morgan fingerprint density at radius 3 is 2.63 bits per heavy atom. The molecule has 1 aliphatic heterocycles. The summed E-state index contributed by atoms with van der Waals surface area (Å²) >= 11 is 0. The molecule has 0 saturated carbocycles. The van der Waals surface area contributed by atoms with Crippen molar-refractivity contribution in [3.8, 4) is 0 Å². The van der Waals surface area contributed by atoms with Gasteiger partial charge in [0.25, 0.3) is 0 Å². The summed E-state index contributed by atoms with van der Waals surface area (Å²) in [5, 5.41) is 2.10. The van der Waals surface area contributed by atoms with Gasteiger partial charge in [0.2, 0.25) is 0 Å². The third-order valence-corrected chi connectivity index (χ3v) is 3.26. The number of rotatable bonds is 3. The van der Waals surface area contributed by atoms with Crippen LogP contribution in [0.4, 0.5) is 11.4 Å². The molecule has 0 unspecified atom stereocenters. The van der Waals surface area contributed by atoms with Crippen molar-refractivity contribution in [1.29, 1.82) is 0 Å². The maximum atomic E-state index is 11.5. The molecule has 1 saturated heterocycles. The molecular formula is C13H20N4O2. The third kappa shape index (κ3) is 3.36. The fraction of sp³-hybridized carbons (Fsp3) is 0.462. The molecule has 0 aliphatic carbocycles. The first-order valence-electron chi connectivity index (χ1n) is 6.28. The second-order valence-electron chi connectivity index (χ2n) is 4.70. The number of methoxy groups -OCH3 is 1. The van der Waals surface area contributed by atoms with Gasteiger partial charge < -0.3 is 20.8 Å². The summed E-state index contributed by atoms with van der Waals surface area (Å²) in [6, 6.07) is 5.10. The molecule has 1 heterocycles. The van der Waals surface area contributed by atoms with E-state index in [1.165, 1.54) is 7.11 Å². The van der Waals surface area contributed by atoms with Crippen LogP contribution in [-0.4, -0.2) is 56.2 Å². The van der Waals surface area contributed by atoms with Gasteiger partial charge in [0.1, 0.15) is 0 Å². The SMILES string of the molecule is COC(=O)c1ccc(N)c(NN2CCN(C)CC2)c1. The number of nitrogens with zero attached hydrogens (tertiary/aromatic N) is 2. The average Bonchev–Trinajstić information content (AvgIpc) is 2.43. The summed E-state index contributed by atoms with van der Waals surface area (Å²) in [6.07, 6.45) is 0. The van der Waals surface area contributed by atoms with Crippen molar-refractivity contribution in [2.75, 3.05) is 51.5 Å². The Morgan fingerprint density at radius 1 is 1.32 bits per heavy atom. The van der Waals surface area contributed by atoms with Crippen LogP contribution in [0.15, 0.2) is 18.2 Å². The molecule has 0 radical (unpaired) electrons. The number of nitrogen functional groups attached to an aromatic ring is 1. The molecule has 3 N–H and O–H groups in total. The van der Waals surface area contributed by atoms with Gasteiger partial charge in [0.15, 0.2) is 0 Å². The number of hydrogen-bond donors (Lipinski definition) is 2. The Balaban J connectivity index is 2.08. The highest BCUT2D eigenvalue weighted by molar-refractivity contribution is 5.91. The maximum absolute atomic E-state index is 11.5. The summed E-state index contributed by atoms with van der Waals surface area (Å²) in [4.78, 5) is 13.8. The molecule has 1 aliphatic rings. The van der Waals surface area contributed by atoms with Crippen molar-refractivity contribution < 1.29 is 9.53 Å². The molecule has 0 aromatic heterocycles. The predicted molar refractivity (Wildman–Crippen MR) is 74.9 cm³/mol. The molecule has 6 heteroatoms. The minimum absolute atomic E-state index is 0.360. The van der Waals surface area contributed by atoms with Crippen molar-refractivity contribution in [3.63, 3.8) is 0 Å². The van der Waals surface area contributed by atoms with Crippen LogP contribution in [0, 0.1) is 0 Å². The van der Waals surface area contributed by atoms with E-state index in [4.69, 9.17) is 10.5 Å². The minimum atomic E-state index is -0.360. The van der Waals surface area contributed by atoms with Crippen molar-refractivity contribution in [3.05, 3.63) is 23.8 Å². The summed E-state index contributed by atoms with van der Waals surface area (Å²) in [5.41, 5.74) is 11.0. The van der Waals surface area contributed by atoms with E-state index in [-0.39, 0.29) is 5.97 Å². The zero-order valence-electron chi connectivity index (χ0n) is 11.3. The number of benzene rings is 1. The molecule has 1 fully saturated rings. The zero-order chi connectivity index (χ0) is 13.8. The van der Waals surface area contributed by atoms with E-state index >= 15 is 0 Å². The van der Waals surface area contributed by atoms with E-state index in [0.29, 0.717) is 11.3 Å². The quantitative estimate of drug-likeness (QED) is 0.616. The lowest BCUT2D eigenvalue weighted by molar-refractivity contribution is 0.0601. The van der Waals surface area contributed by atoms with E-state index in [1.54, 1.807) is 18.2 Å². The predicted octanol–water partition coefficient (Wildman–Crippen LogP) is 0.630. The van der Waals surface area contributed by atoms with Gasteiger partial charge in [-0.15, -0.1) is 0 Å². The third-order valence-electron chi connectivity index (χ3n) is 3.26. The number of nitrogens with two attached hydrogens (primary N) is 1. The Bertz CT molecular complexity index is 456. The van der Waals surface area contributed by atoms with Crippen LogP contribution in [-0.2, 0) is 4.74 Å². The number of ether oxygens (including phenoxy) is 1. The van der Waals surface area contributed by atoms with Crippen molar-refractivity contribution in [2.24, 2.45) is 0 Å². The van der Waals surface area contributed by atoms with Crippen LogP contribution in [0.1, 0.15) is 10.4 Å². The lowest BCUT2D eigenvalue weighted by Crippen LogP contribution is -2.47. The molecule has 2 rings (SSSR count). The number of nitrogens with one attached hydrogen (secondary N) is 1. The second kappa shape index (κ2) is 5.90. The number of piperazine rings is 1. The minimum Gasteiger partial charge on any atom is -0.465 e. The molecule has 1 aromatic carbocycles. The number of hydrazine groups is 1. The van der Waals surface area contributed by atoms with Gasteiger partial charge in [-0.3, -0.25) is 0 Å². The van der Waals surface area contributed by atoms with E-state index < -0.39 is 0 Å². The van der Waals surface area contributed by atoms with Gasteiger partial charge in [-0.05, 0) is 25.2 Å². The Hall–Kier alpha value is -1.79. The summed E-state index contributed by atoms with van der Waals surface area (Å²) in [6.45, 7) is 3.84. The van der Waals surface area contributed by atoms with Crippen LogP contribution in [0.3, 0.4) is 0 Å². The summed E-state index contributed by atoms with van der Waals surface area (Å²) in [5.74, 6) is -0.360. The number of carbonyl (C=O) groups excluding carboxylic acids is 1. The molecule has 0 amide bonds. The zero-order valence-corrected chi connectivity index (χ0v) is 11.3. The average molecular weight is 264 g/mol. The lowest BCUT2D eigenvalue weighted by Gasteiger charge is -2.33. The Morgan fingerprint density at radius 2 is 2.00 bits per heavy atom. The smallest absolute Gasteiger partial charge is 0.337 e. The Labute approximate surface area is 113 Å². The number of likely N-dealkylation sites (N-methyl/N-ethyl adjacent to an activating group) is 1. The maximum Gasteiger partial charge on any atom is 0.337 e. The van der Waals surface area contributed by atoms with Crippen LogP contribution in [0.25, 0.3) is 0 Å². The first-order chi connectivity index (χ1) is 9.10. The molecule has 1 aromatic rings. The normalized spacial score (nSPS) is 17.2. The first kappa shape index (κ1) is 13.6. The van der Waals surface area contributed by atoms with Crippen LogP contribution < -0.4 is 11.2 Å². The number of hydrogen-bond acceptors (Lipinski definition) is 6. The van der Waals surface area contributed by atoms with E-state index in [9.17, 15) is 4.79 Å². The number of anilines is 2.